The Morgan fingerprint density at radius 3 is 2.78 bits per heavy atom. The third-order valence-corrected chi connectivity index (χ3v) is 3.02. The average molecular weight is 322 g/mol. The van der Waals surface area contributed by atoms with E-state index in [1.165, 1.54) is 0 Å². The lowest BCUT2D eigenvalue weighted by Gasteiger charge is -2.11. The molecule has 3 heterocycles. The van der Waals surface area contributed by atoms with Crippen LogP contribution in [0.2, 0.25) is 0 Å². The Labute approximate surface area is 129 Å². The minimum Gasteiger partial charge on any atom is -0.360 e. The normalized spacial score (nSPS) is 11.7. The molecule has 0 amide bonds. The number of pyridine rings is 1. The fourth-order valence-electron chi connectivity index (χ4n) is 2.07. The predicted molar refractivity (Wildman–Crippen MR) is 80.7 cm³/mol. The lowest BCUT2D eigenvalue weighted by Crippen LogP contribution is -2.22. The van der Waals surface area contributed by atoms with Gasteiger partial charge in [-0.1, -0.05) is 0 Å². The van der Waals surface area contributed by atoms with E-state index in [1.807, 2.05) is 6.92 Å². The summed E-state index contributed by atoms with van der Waals surface area (Å²) in [7, 11) is 0. The molecule has 0 aliphatic rings. The van der Waals surface area contributed by atoms with E-state index in [0.29, 0.717) is 16.7 Å². The van der Waals surface area contributed by atoms with Gasteiger partial charge in [-0.15, -0.1) is 0 Å². The van der Waals surface area contributed by atoms with Gasteiger partial charge in [0.25, 0.3) is 0 Å². The van der Waals surface area contributed by atoms with Crippen LogP contribution in [0.1, 0.15) is 5.69 Å². The molecule has 0 fully saturated rings. The van der Waals surface area contributed by atoms with Crippen molar-refractivity contribution in [2.45, 2.75) is 13.1 Å². The number of nitrogens with zero attached hydrogens (tertiary/aromatic N) is 3. The summed E-state index contributed by atoms with van der Waals surface area (Å²) >= 11 is 0. The molecule has 3 aromatic heterocycles. The number of H-pyrrole nitrogens is 1. The first kappa shape index (κ1) is 15.1. The van der Waals surface area contributed by atoms with Crippen molar-refractivity contribution in [3.05, 3.63) is 36.3 Å². The highest BCUT2D eigenvalue weighted by atomic mass is 19.4. The second-order valence-corrected chi connectivity index (χ2v) is 4.92. The first-order valence-corrected chi connectivity index (χ1v) is 6.76. The molecule has 0 radical (unpaired) electrons. The minimum atomic E-state index is -4.33. The molecule has 120 valence electrons. The highest BCUT2D eigenvalue weighted by molar-refractivity contribution is 5.88. The van der Waals surface area contributed by atoms with Crippen LogP contribution in [0, 0.1) is 6.92 Å². The van der Waals surface area contributed by atoms with E-state index in [0.717, 1.165) is 5.69 Å². The fraction of sp³-hybridized carbons (Fsp3) is 0.214. The van der Waals surface area contributed by atoms with Crippen molar-refractivity contribution >= 4 is 28.5 Å². The molecule has 9 heteroatoms. The maximum absolute atomic E-state index is 12.4. The Bertz CT molecular complexity index is 827. The molecule has 23 heavy (non-hydrogen) atoms. The quantitative estimate of drug-likeness (QED) is 0.686. The van der Waals surface area contributed by atoms with Crippen LogP contribution in [0.4, 0.5) is 30.6 Å². The Hall–Kier alpha value is -2.84. The first-order chi connectivity index (χ1) is 10.9. The summed E-state index contributed by atoms with van der Waals surface area (Å²) in [5, 5.41) is 5.75. The van der Waals surface area contributed by atoms with E-state index in [2.05, 4.69) is 30.6 Å². The van der Waals surface area contributed by atoms with Crippen molar-refractivity contribution in [1.29, 1.82) is 0 Å². The van der Waals surface area contributed by atoms with E-state index in [9.17, 15) is 13.2 Å². The molecule has 0 aromatic carbocycles. The van der Waals surface area contributed by atoms with Crippen LogP contribution in [0.5, 0.6) is 0 Å². The summed E-state index contributed by atoms with van der Waals surface area (Å²) in [6.07, 6.45) is -1.12. The summed E-state index contributed by atoms with van der Waals surface area (Å²) in [5.41, 5.74) is 1.94. The van der Waals surface area contributed by atoms with Crippen molar-refractivity contribution in [3.63, 3.8) is 0 Å². The average Bonchev–Trinajstić information content (AvgIpc) is 2.92. The molecule has 0 saturated heterocycles. The van der Waals surface area contributed by atoms with Gasteiger partial charge in [0.05, 0.1) is 5.39 Å². The zero-order valence-corrected chi connectivity index (χ0v) is 12.1. The number of fused-ring (bicyclic) bond motifs is 1. The Morgan fingerprint density at radius 2 is 2.04 bits per heavy atom. The van der Waals surface area contributed by atoms with E-state index in [1.54, 1.807) is 30.6 Å². The topological polar surface area (TPSA) is 78.5 Å². The summed E-state index contributed by atoms with van der Waals surface area (Å²) in [6.45, 7) is 0.661. The number of rotatable bonds is 4. The van der Waals surface area contributed by atoms with Gasteiger partial charge in [0.2, 0.25) is 5.95 Å². The van der Waals surface area contributed by atoms with E-state index in [4.69, 9.17) is 0 Å². The van der Waals surface area contributed by atoms with E-state index >= 15 is 0 Å². The molecule has 6 nitrogen and oxygen atoms in total. The number of aromatic nitrogens is 4. The molecule has 0 saturated carbocycles. The Balaban J connectivity index is 1.92. The SMILES string of the molecule is Cc1cc(Nc2nc(NCC(F)(F)F)c3cc[nH]c3n2)ccn1. The first-order valence-electron chi connectivity index (χ1n) is 6.76. The van der Waals surface area contributed by atoms with Gasteiger partial charge < -0.3 is 15.6 Å². The van der Waals surface area contributed by atoms with Gasteiger partial charge in [-0.05, 0) is 25.1 Å². The van der Waals surface area contributed by atoms with Crippen molar-refractivity contribution in [2.24, 2.45) is 0 Å². The maximum Gasteiger partial charge on any atom is 0.405 e. The van der Waals surface area contributed by atoms with Crippen LogP contribution < -0.4 is 10.6 Å². The number of hydrogen-bond donors (Lipinski definition) is 3. The number of anilines is 3. The largest absolute Gasteiger partial charge is 0.405 e. The smallest absolute Gasteiger partial charge is 0.360 e. The van der Waals surface area contributed by atoms with Gasteiger partial charge in [-0.25, -0.2) is 0 Å². The third kappa shape index (κ3) is 3.68. The summed E-state index contributed by atoms with van der Waals surface area (Å²) in [6, 6.07) is 5.12. The Morgan fingerprint density at radius 1 is 1.22 bits per heavy atom. The number of aromatic amines is 1. The molecule has 3 N–H and O–H groups in total. The second-order valence-electron chi connectivity index (χ2n) is 4.92. The summed E-state index contributed by atoms with van der Waals surface area (Å²) in [4.78, 5) is 15.3. The molecule has 0 aliphatic carbocycles. The maximum atomic E-state index is 12.4. The number of alkyl halides is 3. The van der Waals surface area contributed by atoms with Gasteiger partial charge in [0.1, 0.15) is 18.0 Å². The highest BCUT2D eigenvalue weighted by Crippen LogP contribution is 2.24. The second kappa shape index (κ2) is 5.75. The van der Waals surface area contributed by atoms with Gasteiger partial charge >= 0.3 is 6.18 Å². The van der Waals surface area contributed by atoms with Crippen LogP contribution in [0.15, 0.2) is 30.6 Å². The zero-order chi connectivity index (χ0) is 16.4. The van der Waals surface area contributed by atoms with Gasteiger partial charge in [0.15, 0.2) is 0 Å². The number of nitrogens with one attached hydrogen (secondary N) is 3. The van der Waals surface area contributed by atoms with Gasteiger partial charge in [-0.3, -0.25) is 4.98 Å². The standard InChI is InChI=1S/C14H13F3N6/c1-8-6-9(2-4-18-8)21-13-22-11-10(3-5-19-11)12(23-13)20-7-14(15,16)17/h2-6H,7H2,1H3,(H3,18,19,20,21,22,23). The van der Waals surface area contributed by atoms with Crippen LogP contribution in [-0.2, 0) is 0 Å². The minimum absolute atomic E-state index is 0.113. The van der Waals surface area contributed by atoms with E-state index in [-0.39, 0.29) is 11.8 Å². The summed E-state index contributed by atoms with van der Waals surface area (Å²) < 4.78 is 37.3. The Kier molecular flexibility index (Phi) is 3.77. The van der Waals surface area contributed by atoms with Crippen molar-refractivity contribution in [2.75, 3.05) is 17.2 Å². The van der Waals surface area contributed by atoms with Crippen molar-refractivity contribution in [3.8, 4) is 0 Å². The van der Waals surface area contributed by atoms with Gasteiger partial charge in [-0.2, -0.15) is 23.1 Å². The van der Waals surface area contributed by atoms with Crippen LogP contribution in [0.25, 0.3) is 11.0 Å². The zero-order valence-electron chi connectivity index (χ0n) is 12.1. The molecule has 0 bridgehead atoms. The molecule has 3 aromatic rings. The lowest BCUT2D eigenvalue weighted by molar-refractivity contribution is -0.115. The third-order valence-electron chi connectivity index (χ3n) is 3.02. The monoisotopic (exact) mass is 322 g/mol. The molecule has 0 atom stereocenters. The van der Waals surface area contributed by atoms with Crippen LogP contribution in [0.3, 0.4) is 0 Å². The molecule has 0 aliphatic heterocycles. The molecular weight excluding hydrogens is 309 g/mol. The predicted octanol–water partition coefficient (Wildman–Crippen LogP) is 3.38. The van der Waals surface area contributed by atoms with E-state index < -0.39 is 12.7 Å². The molecule has 3 rings (SSSR count). The number of hydrogen-bond acceptors (Lipinski definition) is 5. The molecule has 0 unspecified atom stereocenters. The molecule has 0 spiro atoms. The fourth-order valence-corrected chi connectivity index (χ4v) is 2.07. The van der Waals surface area contributed by atoms with Crippen molar-refractivity contribution in [1.82, 2.24) is 19.9 Å². The number of halogens is 3. The highest BCUT2D eigenvalue weighted by Gasteiger charge is 2.27. The molecular formula is C14H13F3N6. The number of aryl methyl sites for hydroxylation is 1. The lowest BCUT2D eigenvalue weighted by atomic mass is 10.3. The van der Waals surface area contributed by atoms with Crippen LogP contribution in [-0.4, -0.2) is 32.7 Å². The summed E-state index contributed by atoms with van der Waals surface area (Å²) in [5.74, 6) is 0.303. The van der Waals surface area contributed by atoms with Crippen molar-refractivity contribution < 1.29 is 13.2 Å². The van der Waals surface area contributed by atoms with Crippen LogP contribution >= 0.6 is 0 Å². The van der Waals surface area contributed by atoms with Gasteiger partial charge in [0, 0.05) is 23.8 Å².